The molecular weight excluding hydrogens is 209 g/mol. The van der Waals surface area contributed by atoms with Gasteiger partial charge in [-0.1, -0.05) is 18.2 Å². The molecule has 4 nitrogen and oxygen atoms in total. The Morgan fingerprint density at radius 2 is 2.25 bits per heavy atom. The number of rotatable bonds is 3. The second-order valence-electron chi connectivity index (χ2n) is 3.76. The molecule has 1 atom stereocenters. The van der Waals surface area contributed by atoms with Crippen molar-refractivity contribution in [1.29, 1.82) is 0 Å². The molecule has 1 heterocycles. The van der Waals surface area contributed by atoms with Gasteiger partial charge in [-0.3, -0.25) is 0 Å². The third-order valence-electron chi connectivity index (χ3n) is 2.67. The zero-order valence-electron chi connectivity index (χ0n) is 8.82. The van der Waals surface area contributed by atoms with Crippen LogP contribution in [0.4, 0.5) is 9.18 Å². The van der Waals surface area contributed by atoms with Gasteiger partial charge >= 0.3 is 6.03 Å². The number of urea groups is 1. The Kier molecular flexibility index (Phi) is 3.05. The number of carbonyl (C=O) groups is 1. The Morgan fingerprint density at radius 3 is 2.94 bits per heavy atom. The fourth-order valence-corrected chi connectivity index (χ4v) is 1.87. The van der Waals surface area contributed by atoms with Crippen LogP contribution in [-0.2, 0) is 0 Å². The lowest BCUT2D eigenvalue weighted by atomic mass is 10.1. The summed E-state index contributed by atoms with van der Waals surface area (Å²) in [5.74, 6) is -0.289. The van der Waals surface area contributed by atoms with Crippen LogP contribution in [0.25, 0.3) is 0 Å². The highest BCUT2D eigenvalue weighted by atomic mass is 19.1. The largest absolute Gasteiger partial charge is 0.329 e. The summed E-state index contributed by atoms with van der Waals surface area (Å²) in [7, 11) is 0. The summed E-state index contributed by atoms with van der Waals surface area (Å²) < 4.78 is 13.5. The monoisotopic (exact) mass is 223 g/mol. The molecule has 1 saturated heterocycles. The number of benzene rings is 1. The van der Waals surface area contributed by atoms with E-state index in [-0.39, 0.29) is 17.9 Å². The molecule has 1 aromatic carbocycles. The smallest absolute Gasteiger partial charge is 0.318 e. The summed E-state index contributed by atoms with van der Waals surface area (Å²) in [6, 6.07) is 6.02. The fourth-order valence-electron chi connectivity index (χ4n) is 1.87. The maximum absolute atomic E-state index is 13.5. The fraction of sp³-hybridized carbons (Fsp3) is 0.364. The van der Waals surface area contributed by atoms with Crippen molar-refractivity contribution in [3.8, 4) is 0 Å². The lowest BCUT2D eigenvalue weighted by Crippen LogP contribution is -2.32. The quantitative estimate of drug-likeness (QED) is 0.798. The molecule has 2 amide bonds. The average Bonchev–Trinajstić information content (AvgIpc) is 2.61. The Morgan fingerprint density at radius 1 is 1.50 bits per heavy atom. The van der Waals surface area contributed by atoms with Crippen LogP contribution in [0.15, 0.2) is 24.3 Å². The van der Waals surface area contributed by atoms with E-state index in [1.807, 2.05) is 0 Å². The van der Waals surface area contributed by atoms with Crippen LogP contribution in [0.1, 0.15) is 11.6 Å². The van der Waals surface area contributed by atoms with E-state index in [2.05, 4.69) is 5.32 Å². The number of halogens is 1. The van der Waals surface area contributed by atoms with Crippen LogP contribution in [0, 0.1) is 5.82 Å². The lowest BCUT2D eigenvalue weighted by molar-refractivity contribution is 0.218. The van der Waals surface area contributed by atoms with Crippen LogP contribution < -0.4 is 11.1 Å². The normalized spacial score (nSPS) is 20.0. The van der Waals surface area contributed by atoms with E-state index in [4.69, 9.17) is 5.73 Å². The Hall–Kier alpha value is -1.62. The topological polar surface area (TPSA) is 58.4 Å². The second-order valence-corrected chi connectivity index (χ2v) is 3.76. The van der Waals surface area contributed by atoms with Crippen LogP contribution in [0.5, 0.6) is 0 Å². The molecule has 0 radical (unpaired) electrons. The molecule has 1 aliphatic rings. The first kappa shape index (κ1) is 10.9. The number of carbonyl (C=O) groups excluding carboxylic acids is 1. The Balaban J connectivity index is 2.14. The molecule has 2 rings (SSSR count). The molecule has 0 spiro atoms. The number of hydrogen-bond acceptors (Lipinski definition) is 2. The minimum Gasteiger partial charge on any atom is -0.329 e. The van der Waals surface area contributed by atoms with E-state index >= 15 is 0 Å². The number of nitrogens with two attached hydrogens (primary N) is 1. The van der Waals surface area contributed by atoms with Gasteiger partial charge in [0.2, 0.25) is 0 Å². The van der Waals surface area contributed by atoms with Crippen LogP contribution in [-0.4, -0.2) is 30.6 Å². The van der Waals surface area contributed by atoms with Crippen molar-refractivity contribution in [2.75, 3.05) is 19.6 Å². The van der Waals surface area contributed by atoms with Gasteiger partial charge in [0.25, 0.3) is 0 Å². The van der Waals surface area contributed by atoms with E-state index in [1.165, 1.54) is 6.07 Å². The number of nitrogens with one attached hydrogen (secondary N) is 1. The highest BCUT2D eigenvalue weighted by Crippen LogP contribution is 2.22. The Bertz CT molecular complexity index is 397. The van der Waals surface area contributed by atoms with Crippen molar-refractivity contribution < 1.29 is 9.18 Å². The minimum atomic E-state index is -0.289. The molecule has 1 fully saturated rings. The molecule has 86 valence electrons. The van der Waals surface area contributed by atoms with Crippen LogP contribution in [0.3, 0.4) is 0 Å². The van der Waals surface area contributed by atoms with Crippen molar-refractivity contribution in [3.05, 3.63) is 35.6 Å². The first-order valence-corrected chi connectivity index (χ1v) is 5.22. The molecule has 16 heavy (non-hydrogen) atoms. The highest BCUT2D eigenvalue weighted by Gasteiger charge is 2.30. The molecule has 0 saturated carbocycles. The molecule has 0 aliphatic carbocycles. The van der Waals surface area contributed by atoms with E-state index in [0.717, 1.165) is 0 Å². The second kappa shape index (κ2) is 4.49. The summed E-state index contributed by atoms with van der Waals surface area (Å²) >= 11 is 0. The van der Waals surface area contributed by atoms with Crippen molar-refractivity contribution in [3.63, 3.8) is 0 Å². The van der Waals surface area contributed by atoms with Gasteiger partial charge in [-0.25, -0.2) is 9.18 Å². The molecule has 0 aromatic heterocycles. The third kappa shape index (κ3) is 1.99. The van der Waals surface area contributed by atoms with Crippen LogP contribution in [0.2, 0.25) is 0 Å². The maximum atomic E-state index is 13.5. The average molecular weight is 223 g/mol. The number of nitrogens with zero attached hydrogens (tertiary/aromatic N) is 1. The van der Waals surface area contributed by atoms with Gasteiger partial charge in [-0.05, 0) is 6.07 Å². The Labute approximate surface area is 93.2 Å². The van der Waals surface area contributed by atoms with Gasteiger partial charge in [-0.2, -0.15) is 0 Å². The number of amides is 2. The van der Waals surface area contributed by atoms with Gasteiger partial charge in [0.05, 0.1) is 6.04 Å². The molecule has 1 unspecified atom stereocenters. The lowest BCUT2D eigenvalue weighted by Gasteiger charge is -2.13. The van der Waals surface area contributed by atoms with E-state index in [1.54, 1.807) is 23.1 Å². The minimum absolute atomic E-state index is 0.182. The predicted molar refractivity (Wildman–Crippen MR) is 58.3 cm³/mol. The van der Waals surface area contributed by atoms with Crippen molar-refractivity contribution in [2.24, 2.45) is 5.73 Å². The third-order valence-corrected chi connectivity index (χ3v) is 2.67. The van der Waals surface area contributed by atoms with Gasteiger partial charge in [-0.15, -0.1) is 0 Å². The molecule has 1 aliphatic heterocycles. The van der Waals surface area contributed by atoms with E-state index < -0.39 is 0 Å². The van der Waals surface area contributed by atoms with Crippen molar-refractivity contribution >= 4 is 6.03 Å². The van der Waals surface area contributed by atoms with E-state index in [9.17, 15) is 9.18 Å². The summed E-state index contributed by atoms with van der Waals surface area (Å²) in [5.41, 5.74) is 5.91. The van der Waals surface area contributed by atoms with Gasteiger partial charge < -0.3 is 16.0 Å². The summed E-state index contributed by atoms with van der Waals surface area (Å²) in [6.07, 6.45) is 0. The van der Waals surface area contributed by atoms with Crippen LogP contribution >= 0.6 is 0 Å². The summed E-state index contributed by atoms with van der Waals surface area (Å²) in [4.78, 5) is 13.1. The molecule has 0 bridgehead atoms. The van der Waals surface area contributed by atoms with Crippen molar-refractivity contribution in [2.45, 2.75) is 6.04 Å². The van der Waals surface area contributed by atoms with Gasteiger partial charge in [0.1, 0.15) is 5.82 Å². The first-order valence-electron chi connectivity index (χ1n) is 5.22. The maximum Gasteiger partial charge on any atom is 0.318 e. The first-order chi connectivity index (χ1) is 7.72. The molecule has 3 N–H and O–H groups in total. The van der Waals surface area contributed by atoms with Gasteiger partial charge in [0.15, 0.2) is 0 Å². The predicted octanol–water partition coefficient (Wildman–Crippen LogP) is 0.851. The summed E-state index contributed by atoms with van der Waals surface area (Å²) in [6.45, 7) is 1.38. The highest BCUT2D eigenvalue weighted by molar-refractivity contribution is 5.77. The number of hydrogen-bond donors (Lipinski definition) is 2. The van der Waals surface area contributed by atoms with Crippen molar-refractivity contribution in [1.82, 2.24) is 10.2 Å². The SMILES string of the molecule is NCCN1CC(c2ccccc2F)NC1=O. The molecule has 5 heteroatoms. The molecular formula is C11H14FN3O. The standard InChI is InChI=1S/C11H14FN3O/c12-9-4-2-1-3-8(9)10-7-15(6-5-13)11(16)14-10/h1-4,10H,5-7,13H2,(H,14,16). The summed E-state index contributed by atoms with van der Waals surface area (Å²) in [5, 5.41) is 2.74. The zero-order valence-corrected chi connectivity index (χ0v) is 8.82. The van der Waals surface area contributed by atoms with Gasteiger partial charge in [0, 0.05) is 25.2 Å². The molecule has 1 aromatic rings. The zero-order chi connectivity index (χ0) is 11.5. The van der Waals surface area contributed by atoms with E-state index in [0.29, 0.717) is 25.2 Å².